The number of amides is 1. The van der Waals surface area contributed by atoms with E-state index in [1.807, 2.05) is 13.8 Å². The Bertz CT molecular complexity index is 530. The second-order valence-corrected chi connectivity index (χ2v) is 5.35. The van der Waals surface area contributed by atoms with Gasteiger partial charge in [0.25, 0.3) is 0 Å². The first-order chi connectivity index (χ1) is 9.41. The molecule has 0 radical (unpaired) electrons. The van der Waals surface area contributed by atoms with Crippen molar-refractivity contribution < 1.29 is 14.7 Å². The van der Waals surface area contributed by atoms with E-state index in [4.69, 9.17) is 0 Å². The molecular weight excluding hydrogens is 258 g/mol. The average molecular weight is 277 g/mol. The number of aryl methyl sites for hydroxylation is 1. The van der Waals surface area contributed by atoms with E-state index in [0.717, 1.165) is 0 Å². The number of nitrogens with zero attached hydrogens (tertiary/aromatic N) is 3. The van der Waals surface area contributed by atoms with Crippen LogP contribution in [0.1, 0.15) is 44.2 Å². The molecule has 0 aromatic carbocycles. The third-order valence-corrected chi connectivity index (χ3v) is 3.61. The SMILES string of the molecule is Cc1nccc(C2C(C(=O)O)CCC(=O)N2C(C)C)n1. The monoisotopic (exact) mass is 277 g/mol. The fourth-order valence-corrected chi connectivity index (χ4v) is 2.77. The lowest BCUT2D eigenvalue weighted by Crippen LogP contribution is -2.48. The van der Waals surface area contributed by atoms with Gasteiger partial charge in [-0.15, -0.1) is 0 Å². The molecule has 0 saturated carbocycles. The van der Waals surface area contributed by atoms with Crippen LogP contribution in [-0.4, -0.2) is 37.9 Å². The highest BCUT2D eigenvalue weighted by Crippen LogP contribution is 2.37. The third-order valence-electron chi connectivity index (χ3n) is 3.61. The van der Waals surface area contributed by atoms with Crippen LogP contribution in [0.5, 0.6) is 0 Å². The molecule has 1 N–H and O–H groups in total. The predicted molar refractivity (Wildman–Crippen MR) is 71.9 cm³/mol. The molecule has 2 heterocycles. The molecule has 2 atom stereocenters. The van der Waals surface area contributed by atoms with Gasteiger partial charge in [0, 0.05) is 18.7 Å². The number of carboxylic acids is 1. The third kappa shape index (κ3) is 2.64. The molecule has 2 unspecified atom stereocenters. The molecular formula is C14H19N3O3. The van der Waals surface area contributed by atoms with E-state index in [1.165, 1.54) is 0 Å². The minimum absolute atomic E-state index is 0.0150. The average Bonchev–Trinajstić information content (AvgIpc) is 2.37. The molecule has 1 aromatic rings. The summed E-state index contributed by atoms with van der Waals surface area (Å²) in [5.74, 6) is -0.944. The van der Waals surface area contributed by atoms with Gasteiger partial charge in [-0.1, -0.05) is 0 Å². The first-order valence-corrected chi connectivity index (χ1v) is 6.75. The molecule has 1 aliphatic rings. The number of aromatic nitrogens is 2. The summed E-state index contributed by atoms with van der Waals surface area (Å²) in [5, 5.41) is 9.44. The summed E-state index contributed by atoms with van der Waals surface area (Å²) >= 11 is 0. The van der Waals surface area contributed by atoms with E-state index in [0.29, 0.717) is 17.9 Å². The molecule has 2 rings (SSSR count). The van der Waals surface area contributed by atoms with Crippen molar-refractivity contribution in [3.63, 3.8) is 0 Å². The maximum atomic E-state index is 12.2. The van der Waals surface area contributed by atoms with Gasteiger partial charge in [-0.3, -0.25) is 9.59 Å². The predicted octanol–water partition coefficient (Wildman–Crippen LogP) is 1.56. The summed E-state index contributed by atoms with van der Waals surface area (Å²) < 4.78 is 0. The highest BCUT2D eigenvalue weighted by molar-refractivity contribution is 5.81. The Hall–Kier alpha value is -1.98. The molecule has 1 amide bonds. The van der Waals surface area contributed by atoms with Crippen molar-refractivity contribution >= 4 is 11.9 Å². The van der Waals surface area contributed by atoms with Gasteiger partial charge in [0.15, 0.2) is 0 Å². The molecule has 0 bridgehead atoms. The van der Waals surface area contributed by atoms with E-state index < -0.39 is 17.9 Å². The zero-order valence-electron chi connectivity index (χ0n) is 11.9. The zero-order valence-corrected chi connectivity index (χ0v) is 11.9. The summed E-state index contributed by atoms with van der Waals surface area (Å²) in [6.45, 7) is 5.54. The number of hydrogen-bond donors (Lipinski definition) is 1. The summed E-state index contributed by atoms with van der Waals surface area (Å²) in [6.07, 6.45) is 2.23. The fourth-order valence-electron chi connectivity index (χ4n) is 2.77. The van der Waals surface area contributed by atoms with E-state index in [9.17, 15) is 14.7 Å². The number of carbonyl (C=O) groups is 2. The molecule has 6 heteroatoms. The van der Waals surface area contributed by atoms with Crippen LogP contribution in [0.2, 0.25) is 0 Å². The summed E-state index contributed by atoms with van der Waals surface area (Å²) in [4.78, 5) is 33.7. The molecule has 1 fully saturated rings. The van der Waals surface area contributed by atoms with E-state index in [2.05, 4.69) is 9.97 Å². The second-order valence-electron chi connectivity index (χ2n) is 5.35. The lowest BCUT2D eigenvalue weighted by Gasteiger charge is -2.41. The quantitative estimate of drug-likeness (QED) is 0.906. The number of hydrogen-bond acceptors (Lipinski definition) is 4. The van der Waals surface area contributed by atoms with E-state index in [-0.39, 0.29) is 18.4 Å². The Morgan fingerprint density at radius 2 is 2.20 bits per heavy atom. The van der Waals surface area contributed by atoms with Gasteiger partial charge in [-0.25, -0.2) is 9.97 Å². The first kappa shape index (κ1) is 14.4. The summed E-state index contributed by atoms with van der Waals surface area (Å²) in [6, 6.07) is 1.11. The van der Waals surface area contributed by atoms with Crippen molar-refractivity contribution in [2.24, 2.45) is 5.92 Å². The van der Waals surface area contributed by atoms with Crippen LogP contribution in [-0.2, 0) is 9.59 Å². The Morgan fingerprint density at radius 1 is 1.50 bits per heavy atom. The highest BCUT2D eigenvalue weighted by atomic mass is 16.4. The lowest BCUT2D eigenvalue weighted by molar-refractivity contribution is -0.153. The summed E-state index contributed by atoms with van der Waals surface area (Å²) in [5.41, 5.74) is 0.603. The highest BCUT2D eigenvalue weighted by Gasteiger charge is 2.42. The van der Waals surface area contributed by atoms with Gasteiger partial charge in [-0.2, -0.15) is 0 Å². The maximum absolute atomic E-state index is 12.2. The maximum Gasteiger partial charge on any atom is 0.309 e. The Kier molecular flexibility index (Phi) is 4.01. The number of likely N-dealkylation sites (tertiary alicyclic amines) is 1. The van der Waals surface area contributed by atoms with Crippen molar-refractivity contribution in [2.75, 3.05) is 0 Å². The van der Waals surface area contributed by atoms with Crippen LogP contribution in [0.3, 0.4) is 0 Å². The van der Waals surface area contributed by atoms with Gasteiger partial charge in [0.1, 0.15) is 5.82 Å². The molecule has 108 valence electrons. The molecule has 0 spiro atoms. The van der Waals surface area contributed by atoms with E-state index in [1.54, 1.807) is 24.1 Å². The van der Waals surface area contributed by atoms with Crippen LogP contribution in [0, 0.1) is 12.8 Å². The number of rotatable bonds is 3. The number of carboxylic acid groups (broad SMARTS) is 1. The van der Waals surface area contributed by atoms with Gasteiger partial charge < -0.3 is 10.0 Å². The van der Waals surface area contributed by atoms with Crippen LogP contribution < -0.4 is 0 Å². The standard InChI is InChI=1S/C14H19N3O3/c1-8(2)17-12(18)5-4-10(14(19)20)13(17)11-6-7-15-9(3)16-11/h6-8,10,13H,4-5H2,1-3H3,(H,19,20). The first-order valence-electron chi connectivity index (χ1n) is 6.75. The fraction of sp³-hybridized carbons (Fsp3) is 0.571. The van der Waals surface area contributed by atoms with Crippen LogP contribution >= 0.6 is 0 Å². The minimum Gasteiger partial charge on any atom is -0.481 e. The Labute approximate surface area is 117 Å². The molecule has 1 aromatic heterocycles. The van der Waals surface area contributed by atoms with E-state index >= 15 is 0 Å². The zero-order chi connectivity index (χ0) is 14.9. The van der Waals surface area contributed by atoms with Crippen LogP contribution in [0.15, 0.2) is 12.3 Å². The number of aliphatic carboxylic acids is 1. The lowest BCUT2D eigenvalue weighted by atomic mass is 9.85. The molecule has 0 aliphatic carbocycles. The topological polar surface area (TPSA) is 83.4 Å². The van der Waals surface area contributed by atoms with Crippen molar-refractivity contribution in [2.45, 2.75) is 45.7 Å². The molecule has 1 saturated heterocycles. The van der Waals surface area contributed by atoms with Crippen molar-refractivity contribution in [3.8, 4) is 0 Å². The molecule has 20 heavy (non-hydrogen) atoms. The largest absolute Gasteiger partial charge is 0.481 e. The van der Waals surface area contributed by atoms with Crippen molar-refractivity contribution in [3.05, 3.63) is 23.8 Å². The minimum atomic E-state index is -0.885. The van der Waals surface area contributed by atoms with Crippen molar-refractivity contribution in [1.82, 2.24) is 14.9 Å². The number of carbonyl (C=O) groups excluding carboxylic acids is 1. The molecule has 1 aliphatic heterocycles. The van der Waals surface area contributed by atoms with Gasteiger partial charge in [0.05, 0.1) is 17.7 Å². The van der Waals surface area contributed by atoms with Crippen LogP contribution in [0.25, 0.3) is 0 Å². The second kappa shape index (κ2) is 5.56. The van der Waals surface area contributed by atoms with Gasteiger partial charge in [0.2, 0.25) is 5.91 Å². The Morgan fingerprint density at radius 3 is 2.75 bits per heavy atom. The number of piperidine rings is 1. The van der Waals surface area contributed by atoms with Gasteiger partial charge >= 0.3 is 5.97 Å². The smallest absolute Gasteiger partial charge is 0.309 e. The van der Waals surface area contributed by atoms with Crippen LogP contribution in [0.4, 0.5) is 0 Å². The summed E-state index contributed by atoms with van der Waals surface area (Å²) in [7, 11) is 0. The van der Waals surface area contributed by atoms with Gasteiger partial charge in [-0.05, 0) is 33.3 Å². The molecule has 6 nitrogen and oxygen atoms in total. The van der Waals surface area contributed by atoms with Crippen molar-refractivity contribution in [1.29, 1.82) is 0 Å². The Balaban J connectivity index is 2.48. The normalized spacial score (nSPS) is 23.2.